The number of hydrogen-bond donors (Lipinski definition) is 1. The van der Waals surface area contributed by atoms with Gasteiger partial charge in [0.1, 0.15) is 5.82 Å². The monoisotopic (exact) mass is 241 g/mol. The molecule has 3 aromatic rings. The van der Waals surface area contributed by atoms with Gasteiger partial charge < -0.3 is 4.98 Å². The number of nitrogens with zero attached hydrogens (tertiary/aromatic N) is 2. The molecule has 5 heteroatoms. The van der Waals surface area contributed by atoms with Crippen LogP contribution in [0, 0.1) is 5.82 Å². The molecule has 0 fully saturated rings. The number of aromatic amines is 1. The molecule has 0 atom stereocenters. The maximum absolute atomic E-state index is 12.8. The summed E-state index contributed by atoms with van der Waals surface area (Å²) < 4.78 is 12.8. The summed E-state index contributed by atoms with van der Waals surface area (Å²) in [5, 5.41) is 0.517. The van der Waals surface area contributed by atoms with Gasteiger partial charge in [-0.3, -0.25) is 14.8 Å². The third kappa shape index (κ3) is 1.75. The molecule has 3 aromatic heterocycles. The molecule has 3 rings (SSSR count). The number of pyridine rings is 3. The summed E-state index contributed by atoms with van der Waals surface area (Å²) in [5.74, 6) is -0.411. The van der Waals surface area contributed by atoms with E-state index >= 15 is 0 Å². The van der Waals surface area contributed by atoms with E-state index in [2.05, 4.69) is 15.0 Å². The topological polar surface area (TPSA) is 58.6 Å². The van der Waals surface area contributed by atoms with E-state index in [0.29, 0.717) is 22.3 Å². The van der Waals surface area contributed by atoms with Crippen molar-refractivity contribution in [2.45, 2.75) is 0 Å². The van der Waals surface area contributed by atoms with Crippen molar-refractivity contribution in [2.75, 3.05) is 0 Å². The predicted molar refractivity (Wildman–Crippen MR) is 65.6 cm³/mol. The first-order chi connectivity index (χ1) is 8.74. The lowest BCUT2D eigenvalue weighted by Gasteiger charge is -2.03. The zero-order valence-corrected chi connectivity index (χ0v) is 9.22. The maximum atomic E-state index is 12.8. The van der Waals surface area contributed by atoms with E-state index in [1.165, 1.54) is 24.4 Å². The van der Waals surface area contributed by atoms with Gasteiger partial charge in [-0.15, -0.1) is 0 Å². The van der Waals surface area contributed by atoms with E-state index in [0.717, 1.165) is 6.20 Å². The Labute approximate surface area is 101 Å². The number of aromatic nitrogens is 3. The van der Waals surface area contributed by atoms with Crippen LogP contribution in [0.2, 0.25) is 0 Å². The Morgan fingerprint density at radius 2 is 2.06 bits per heavy atom. The SMILES string of the molecule is O=c1cc(-c2ccc(F)cn2)[nH]c2ccncc12. The van der Waals surface area contributed by atoms with E-state index in [4.69, 9.17) is 0 Å². The summed E-state index contributed by atoms with van der Waals surface area (Å²) in [5.41, 5.74) is 1.61. The Hall–Kier alpha value is -2.56. The number of hydrogen-bond acceptors (Lipinski definition) is 3. The fraction of sp³-hybridized carbons (Fsp3) is 0. The molecule has 0 unspecified atom stereocenters. The Balaban J connectivity index is 2.24. The molecule has 0 saturated carbocycles. The van der Waals surface area contributed by atoms with Gasteiger partial charge in [-0.1, -0.05) is 0 Å². The lowest BCUT2D eigenvalue weighted by Crippen LogP contribution is -2.03. The molecule has 3 heterocycles. The molecular formula is C13H8FN3O. The van der Waals surface area contributed by atoms with E-state index in [1.807, 2.05) is 0 Å². The summed E-state index contributed by atoms with van der Waals surface area (Å²) in [7, 11) is 0. The average Bonchev–Trinajstić information content (AvgIpc) is 2.39. The van der Waals surface area contributed by atoms with Crippen LogP contribution in [0.15, 0.2) is 47.7 Å². The standard InChI is InChI=1S/C13H8FN3O/c14-8-1-2-11(16-6-8)12-5-13(18)9-7-15-4-3-10(9)17-12/h1-7H,(H,17,18). The smallest absolute Gasteiger partial charge is 0.191 e. The molecule has 0 saturated heterocycles. The predicted octanol–water partition coefficient (Wildman–Crippen LogP) is 2.12. The lowest BCUT2D eigenvalue weighted by atomic mass is 10.2. The van der Waals surface area contributed by atoms with Gasteiger partial charge in [-0.2, -0.15) is 0 Å². The minimum atomic E-state index is -0.411. The van der Waals surface area contributed by atoms with Gasteiger partial charge in [-0.05, 0) is 18.2 Å². The second-order valence-corrected chi connectivity index (χ2v) is 3.83. The number of rotatable bonds is 1. The molecule has 0 aromatic carbocycles. The van der Waals surface area contributed by atoms with Crippen LogP contribution in [0.1, 0.15) is 0 Å². The van der Waals surface area contributed by atoms with Gasteiger partial charge in [-0.25, -0.2) is 4.39 Å². The zero-order chi connectivity index (χ0) is 12.5. The molecule has 0 aliphatic carbocycles. The van der Waals surface area contributed by atoms with Gasteiger partial charge in [0.15, 0.2) is 5.43 Å². The first-order valence-electron chi connectivity index (χ1n) is 5.33. The Morgan fingerprint density at radius 1 is 1.17 bits per heavy atom. The van der Waals surface area contributed by atoms with Crippen LogP contribution in [0.4, 0.5) is 4.39 Å². The first-order valence-corrected chi connectivity index (χ1v) is 5.33. The van der Waals surface area contributed by atoms with Crippen LogP contribution < -0.4 is 5.43 Å². The average molecular weight is 241 g/mol. The summed E-state index contributed by atoms with van der Waals surface area (Å²) >= 11 is 0. The Bertz CT molecular complexity index is 765. The second kappa shape index (κ2) is 4.03. The number of nitrogens with one attached hydrogen (secondary N) is 1. The normalized spacial score (nSPS) is 10.7. The van der Waals surface area contributed by atoms with Crippen molar-refractivity contribution in [3.63, 3.8) is 0 Å². The van der Waals surface area contributed by atoms with E-state index < -0.39 is 5.82 Å². The highest BCUT2D eigenvalue weighted by atomic mass is 19.1. The van der Waals surface area contributed by atoms with E-state index in [-0.39, 0.29) is 5.43 Å². The van der Waals surface area contributed by atoms with Crippen LogP contribution in [-0.4, -0.2) is 15.0 Å². The highest BCUT2D eigenvalue weighted by Crippen LogP contribution is 2.15. The quantitative estimate of drug-likeness (QED) is 0.710. The molecular weight excluding hydrogens is 233 g/mol. The van der Waals surface area contributed by atoms with E-state index in [1.54, 1.807) is 12.3 Å². The Kier molecular flexibility index (Phi) is 2.37. The summed E-state index contributed by atoms with van der Waals surface area (Å²) in [6.45, 7) is 0. The second-order valence-electron chi connectivity index (χ2n) is 3.83. The molecule has 88 valence electrons. The molecule has 0 amide bonds. The van der Waals surface area contributed by atoms with Gasteiger partial charge in [0.25, 0.3) is 0 Å². The fourth-order valence-electron chi connectivity index (χ4n) is 1.76. The number of fused-ring (bicyclic) bond motifs is 1. The van der Waals surface area contributed by atoms with Crippen molar-refractivity contribution in [1.29, 1.82) is 0 Å². The third-order valence-corrected chi connectivity index (χ3v) is 2.63. The fourth-order valence-corrected chi connectivity index (χ4v) is 1.76. The van der Waals surface area contributed by atoms with Crippen LogP contribution in [-0.2, 0) is 0 Å². The first kappa shape index (κ1) is 10.6. The molecule has 1 N–H and O–H groups in total. The zero-order valence-electron chi connectivity index (χ0n) is 9.22. The minimum absolute atomic E-state index is 0.141. The molecule has 0 spiro atoms. The molecule has 0 radical (unpaired) electrons. The molecule has 4 nitrogen and oxygen atoms in total. The van der Waals surface area contributed by atoms with Crippen LogP contribution in [0.3, 0.4) is 0 Å². The van der Waals surface area contributed by atoms with Gasteiger partial charge in [0.2, 0.25) is 0 Å². The van der Waals surface area contributed by atoms with Crippen molar-refractivity contribution in [3.05, 3.63) is 58.9 Å². The molecule has 18 heavy (non-hydrogen) atoms. The van der Waals surface area contributed by atoms with Crippen LogP contribution >= 0.6 is 0 Å². The van der Waals surface area contributed by atoms with Crippen molar-refractivity contribution < 1.29 is 4.39 Å². The van der Waals surface area contributed by atoms with Crippen molar-refractivity contribution in [3.8, 4) is 11.4 Å². The van der Waals surface area contributed by atoms with Crippen molar-refractivity contribution in [2.24, 2.45) is 0 Å². The highest BCUT2D eigenvalue weighted by molar-refractivity contribution is 5.79. The molecule has 0 bridgehead atoms. The summed E-state index contributed by atoms with van der Waals surface area (Å²) in [4.78, 5) is 22.8. The lowest BCUT2D eigenvalue weighted by molar-refractivity contribution is 0.622. The Morgan fingerprint density at radius 3 is 2.83 bits per heavy atom. The van der Waals surface area contributed by atoms with E-state index in [9.17, 15) is 9.18 Å². The molecule has 0 aliphatic heterocycles. The van der Waals surface area contributed by atoms with Crippen molar-refractivity contribution in [1.82, 2.24) is 15.0 Å². The van der Waals surface area contributed by atoms with Crippen LogP contribution in [0.25, 0.3) is 22.3 Å². The van der Waals surface area contributed by atoms with Crippen LogP contribution in [0.5, 0.6) is 0 Å². The largest absolute Gasteiger partial charge is 0.353 e. The minimum Gasteiger partial charge on any atom is -0.353 e. The van der Waals surface area contributed by atoms with Gasteiger partial charge >= 0.3 is 0 Å². The summed E-state index contributed by atoms with van der Waals surface area (Å²) in [6.07, 6.45) is 4.22. The van der Waals surface area contributed by atoms with Gasteiger partial charge in [0, 0.05) is 18.5 Å². The van der Waals surface area contributed by atoms with Crippen molar-refractivity contribution >= 4 is 10.9 Å². The summed E-state index contributed by atoms with van der Waals surface area (Å²) in [6, 6.07) is 5.97. The highest BCUT2D eigenvalue weighted by Gasteiger charge is 2.05. The molecule has 0 aliphatic rings. The van der Waals surface area contributed by atoms with Gasteiger partial charge in [0.05, 0.1) is 28.5 Å². The maximum Gasteiger partial charge on any atom is 0.191 e. The number of halogens is 1. The number of H-pyrrole nitrogens is 1. The third-order valence-electron chi connectivity index (χ3n) is 2.63.